The van der Waals surface area contributed by atoms with Gasteiger partial charge in [0.1, 0.15) is 0 Å². The number of nitrogens with zero attached hydrogens (tertiary/aromatic N) is 1. The molecule has 0 fully saturated rings. The second-order valence-electron chi connectivity index (χ2n) is 4.33. The molecule has 0 aliphatic heterocycles. The smallest absolute Gasteiger partial charge is 0.227 e. The Hall–Kier alpha value is -1.39. The van der Waals surface area contributed by atoms with Crippen LogP contribution in [0.4, 0.5) is 0 Å². The Morgan fingerprint density at radius 1 is 1.39 bits per heavy atom. The van der Waals surface area contributed by atoms with Gasteiger partial charge in [-0.25, -0.2) is 0 Å². The number of aryl methyl sites for hydroxylation is 1. The molecule has 1 aromatic carbocycles. The molecule has 0 radical (unpaired) electrons. The number of rotatable bonds is 7. The molecule has 18 heavy (non-hydrogen) atoms. The number of hydrogen-bond donors (Lipinski definition) is 1. The number of amides is 1. The number of carbonyl (C=O) groups excluding carboxylic acids is 1. The summed E-state index contributed by atoms with van der Waals surface area (Å²) in [6.45, 7) is 4.21. The first kappa shape index (κ1) is 14.7. The van der Waals surface area contributed by atoms with E-state index in [1.807, 2.05) is 31.2 Å². The number of ether oxygens (including phenoxy) is 1. The molecule has 0 unspecified atom stereocenters. The van der Waals surface area contributed by atoms with Crippen LogP contribution in [0.3, 0.4) is 0 Å². The van der Waals surface area contributed by atoms with E-state index in [9.17, 15) is 4.79 Å². The maximum absolute atomic E-state index is 12.1. The van der Waals surface area contributed by atoms with Crippen LogP contribution in [0.1, 0.15) is 11.1 Å². The van der Waals surface area contributed by atoms with E-state index in [-0.39, 0.29) is 5.91 Å². The molecule has 4 nitrogen and oxygen atoms in total. The van der Waals surface area contributed by atoms with Gasteiger partial charge in [0.25, 0.3) is 0 Å². The molecular formula is C14H22N2O2. The third kappa shape index (κ3) is 4.85. The molecule has 0 aliphatic carbocycles. The Balaban J connectivity index is 2.60. The molecule has 2 N–H and O–H groups in total. The van der Waals surface area contributed by atoms with Gasteiger partial charge in [0.2, 0.25) is 5.91 Å². The van der Waals surface area contributed by atoms with Gasteiger partial charge in [-0.1, -0.05) is 29.8 Å². The first-order chi connectivity index (χ1) is 8.67. The minimum atomic E-state index is 0.100. The van der Waals surface area contributed by atoms with E-state index in [0.29, 0.717) is 32.7 Å². The van der Waals surface area contributed by atoms with Crippen molar-refractivity contribution in [2.24, 2.45) is 5.73 Å². The average Bonchev–Trinajstić information content (AvgIpc) is 2.34. The van der Waals surface area contributed by atoms with Gasteiger partial charge < -0.3 is 15.4 Å². The highest BCUT2D eigenvalue weighted by Crippen LogP contribution is 2.06. The zero-order valence-electron chi connectivity index (χ0n) is 11.2. The Labute approximate surface area is 109 Å². The molecule has 0 aliphatic rings. The summed E-state index contributed by atoms with van der Waals surface area (Å²) < 4.78 is 5.00. The summed E-state index contributed by atoms with van der Waals surface area (Å²) in [6, 6.07) is 8.01. The van der Waals surface area contributed by atoms with Gasteiger partial charge >= 0.3 is 0 Å². The molecular weight excluding hydrogens is 228 g/mol. The molecule has 0 saturated carbocycles. The SMILES string of the molecule is COCCN(CCN)C(=O)Cc1cccc(C)c1. The van der Waals surface area contributed by atoms with E-state index < -0.39 is 0 Å². The van der Waals surface area contributed by atoms with Crippen molar-refractivity contribution in [2.45, 2.75) is 13.3 Å². The lowest BCUT2D eigenvalue weighted by molar-refractivity contribution is -0.131. The van der Waals surface area contributed by atoms with E-state index in [0.717, 1.165) is 5.56 Å². The number of benzene rings is 1. The quantitative estimate of drug-likeness (QED) is 0.784. The van der Waals surface area contributed by atoms with Gasteiger partial charge in [-0.2, -0.15) is 0 Å². The van der Waals surface area contributed by atoms with Crippen molar-refractivity contribution in [3.63, 3.8) is 0 Å². The topological polar surface area (TPSA) is 55.6 Å². The number of nitrogens with two attached hydrogens (primary N) is 1. The molecule has 1 amide bonds. The van der Waals surface area contributed by atoms with Crippen molar-refractivity contribution in [1.29, 1.82) is 0 Å². The van der Waals surface area contributed by atoms with Gasteiger partial charge in [-0.15, -0.1) is 0 Å². The van der Waals surface area contributed by atoms with Crippen LogP contribution >= 0.6 is 0 Å². The van der Waals surface area contributed by atoms with Crippen LogP contribution in [0.5, 0.6) is 0 Å². The molecule has 0 spiro atoms. The van der Waals surface area contributed by atoms with E-state index >= 15 is 0 Å². The van der Waals surface area contributed by atoms with Crippen molar-refractivity contribution in [1.82, 2.24) is 4.90 Å². The molecule has 0 bridgehead atoms. The lowest BCUT2D eigenvalue weighted by atomic mass is 10.1. The van der Waals surface area contributed by atoms with Gasteiger partial charge in [-0.05, 0) is 12.5 Å². The summed E-state index contributed by atoms with van der Waals surface area (Å²) in [6.07, 6.45) is 0.422. The summed E-state index contributed by atoms with van der Waals surface area (Å²) in [4.78, 5) is 13.9. The van der Waals surface area contributed by atoms with Crippen molar-refractivity contribution in [3.8, 4) is 0 Å². The zero-order valence-corrected chi connectivity index (χ0v) is 11.2. The van der Waals surface area contributed by atoms with E-state index in [4.69, 9.17) is 10.5 Å². The molecule has 0 atom stereocenters. The molecule has 0 aromatic heterocycles. The fraction of sp³-hybridized carbons (Fsp3) is 0.500. The average molecular weight is 250 g/mol. The lowest BCUT2D eigenvalue weighted by Gasteiger charge is -2.21. The predicted molar refractivity (Wildman–Crippen MR) is 72.4 cm³/mol. The largest absolute Gasteiger partial charge is 0.383 e. The number of carbonyl (C=O) groups is 1. The van der Waals surface area contributed by atoms with Crippen molar-refractivity contribution in [3.05, 3.63) is 35.4 Å². The van der Waals surface area contributed by atoms with E-state index in [1.165, 1.54) is 5.56 Å². The first-order valence-corrected chi connectivity index (χ1v) is 6.19. The van der Waals surface area contributed by atoms with Crippen molar-refractivity contribution < 1.29 is 9.53 Å². The fourth-order valence-corrected chi connectivity index (χ4v) is 1.83. The fourth-order valence-electron chi connectivity index (χ4n) is 1.83. The summed E-state index contributed by atoms with van der Waals surface area (Å²) in [5.41, 5.74) is 7.73. The highest BCUT2D eigenvalue weighted by molar-refractivity contribution is 5.78. The monoisotopic (exact) mass is 250 g/mol. The van der Waals surface area contributed by atoms with Crippen molar-refractivity contribution >= 4 is 5.91 Å². The zero-order chi connectivity index (χ0) is 13.4. The maximum Gasteiger partial charge on any atom is 0.227 e. The van der Waals surface area contributed by atoms with Crippen LogP contribution in [-0.4, -0.2) is 44.2 Å². The highest BCUT2D eigenvalue weighted by Gasteiger charge is 2.12. The Morgan fingerprint density at radius 3 is 2.78 bits per heavy atom. The molecule has 1 aromatic rings. The molecule has 1 rings (SSSR count). The molecule has 4 heteroatoms. The molecule has 0 saturated heterocycles. The number of methoxy groups -OCH3 is 1. The standard InChI is InChI=1S/C14H22N2O2/c1-12-4-3-5-13(10-12)11-14(17)16(7-6-15)8-9-18-2/h3-5,10H,6-9,11,15H2,1-2H3. The number of hydrogen-bond acceptors (Lipinski definition) is 3. The van der Waals surface area contributed by atoms with E-state index in [1.54, 1.807) is 12.0 Å². The van der Waals surface area contributed by atoms with Gasteiger partial charge in [0, 0.05) is 26.7 Å². The van der Waals surface area contributed by atoms with E-state index in [2.05, 4.69) is 0 Å². The minimum Gasteiger partial charge on any atom is -0.383 e. The van der Waals surface area contributed by atoms with Crippen LogP contribution < -0.4 is 5.73 Å². The Bertz CT molecular complexity index is 380. The Kier molecular flexibility index (Phi) is 6.39. The Morgan fingerprint density at radius 2 is 2.17 bits per heavy atom. The molecule has 100 valence electrons. The van der Waals surface area contributed by atoms with Crippen LogP contribution in [-0.2, 0) is 16.0 Å². The third-order valence-corrected chi connectivity index (χ3v) is 2.75. The van der Waals surface area contributed by atoms with Crippen LogP contribution in [0.2, 0.25) is 0 Å². The molecule has 0 heterocycles. The minimum absolute atomic E-state index is 0.100. The lowest BCUT2D eigenvalue weighted by Crippen LogP contribution is -2.38. The van der Waals surface area contributed by atoms with Gasteiger partial charge in [-0.3, -0.25) is 4.79 Å². The van der Waals surface area contributed by atoms with Crippen molar-refractivity contribution in [2.75, 3.05) is 33.4 Å². The summed E-state index contributed by atoms with van der Waals surface area (Å²) in [7, 11) is 1.63. The summed E-state index contributed by atoms with van der Waals surface area (Å²) in [5, 5.41) is 0. The van der Waals surface area contributed by atoms with Crippen LogP contribution in [0.25, 0.3) is 0 Å². The van der Waals surface area contributed by atoms with Crippen LogP contribution in [0, 0.1) is 6.92 Å². The highest BCUT2D eigenvalue weighted by atomic mass is 16.5. The third-order valence-electron chi connectivity index (χ3n) is 2.75. The summed E-state index contributed by atoms with van der Waals surface area (Å²) >= 11 is 0. The van der Waals surface area contributed by atoms with Gasteiger partial charge in [0.15, 0.2) is 0 Å². The normalized spacial score (nSPS) is 10.4. The van der Waals surface area contributed by atoms with Gasteiger partial charge in [0.05, 0.1) is 13.0 Å². The maximum atomic E-state index is 12.1. The second-order valence-corrected chi connectivity index (χ2v) is 4.33. The predicted octanol–water partition coefficient (Wildman–Crippen LogP) is 0.971. The second kappa shape index (κ2) is 7.84. The first-order valence-electron chi connectivity index (χ1n) is 6.19. The van der Waals surface area contributed by atoms with Crippen LogP contribution in [0.15, 0.2) is 24.3 Å². The summed E-state index contributed by atoms with van der Waals surface area (Å²) in [5.74, 6) is 0.100.